The second kappa shape index (κ2) is 5.31. The topological polar surface area (TPSA) is 55.1 Å². The van der Waals surface area contributed by atoms with Crippen molar-refractivity contribution in [3.8, 4) is 0 Å². The minimum atomic E-state index is -0.972. The average Bonchev–Trinajstić information content (AvgIpc) is 2.69. The van der Waals surface area contributed by atoms with Crippen LogP contribution >= 0.6 is 15.9 Å². The van der Waals surface area contributed by atoms with Crippen molar-refractivity contribution in [1.82, 2.24) is 9.78 Å². The largest absolute Gasteiger partial charge is 0.476 e. The average molecular weight is 297 g/mol. The number of alkyl halides is 1. The smallest absolute Gasteiger partial charge is 0.357 e. The van der Waals surface area contributed by atoms with Crippen molar-refractivity contribution in [2.75, 3.05) is 5.33 Å². The summed E-state index contributed by atoms with van der Waals surface area (Å²) >= 11 is 3.38. The molecule has 1 N–H and O–H groups in total. The molecule has 0 saturated heterocycles. The van der Waals surface area contributed by atoms with Gasteiger partial charge in [-0.25, -0.2) is 4.79 Å². The number of fused-ring (bicyclic) bond motifs is 1. The van der Waals surface area contributed by atoms with E-state index in [0.29, 0.717) is 5.39 Å². The van der Waals surface area contributed by atoms with Gasteiger partial charge in [-0.15, -0.1) is 0 Å². The fourth-order valence-corrected chi connectivity index (χ4v) is 2.21. The Morgan fingerprint density at radius 1 is 1.35 bits per heavy atom. The van der Waals surface area contributed by atoms with Crippen LogP contribution < -0.4 is 0 Å². The Labute approximate surface area is 107 Å². The van der Waals surface area contributed by atoms with Crippen LogP contribution in [0.3, 0.4) is 0 Å². The second-order valence-corrected chi connectivity index (χ2v) is 4.58. The maximum atomic E-state index is 11.1. The summed E-state index contributed by atoms with van der Waals surface area (Å²) in [5.74, 6) is -0.972. The van der Waals surface area contributed by atoms with Crippen molar-refractivity contribution >= 4 is 32.8 Å². The van der Waals surface area contributed by atoms with E-state index in [0.717, 1.165) is 30.2 Å². The molecule has 5 heteroatoms. The molecule has 17 heavy (non-hydrogen) atoms. The first-order chi connectivity index (χ1) is 8.24. The first-order valence-corrected chi connectivity index (χ1v) is 6.61. The molecule has 0 aliphatic carbocycles. The molecule has 2 aromatic rings. The van der Waals surface area contributed by atoms with Crippen molar-refractivity contribution in [3.05, 3.63) is 30.0 Å². The Morgan fingerprint density at radius 3 is 2.82 bits per heavy atom. The van der Waals surface area contributed by atoms with Gasteiger partial charge in [0.2, 0.25) is 0 Å². The van der Waals surface area contributed by atoms with Crippen LogP contribution in [0.4, 0.5) is 0 Å². The van der Waals surface area contributed by atoms with Crippen LogP contribution in [0.5, 0.6) is 0 Å². The molecule has 0 aliphatic rings. The lowest BCUT2D eigenvalue weighted by atomic mass is 10.2. The van der Waals surface area contributed by atoms with Gasteiger partial charge in [-0.05, 0) is 18.9 Å². The molecule has 0 bridgehead atoms. The summed E-state index contributed by atoms with van der Waals surface area (Å²) in [4.78, 5) is 11.1. The number of aromatic nitrogens is 2. The SMILES string of the molecule is O=C(O)c1nn(CCCCBr)c2ccccc12. The third-order valence-corrected chi connectivity index (χ3v) is 3.17. The minimum absolute atomic E-state index is 0.138. The van der Waals surface area contributed by atoms with Gasteiger partial charge in [0.25, 0.3) is 0 Å². The van der Waals surface area contributed by atoms with Gasteiger partial charge in [0.05, 0.1) is 5.52 Å². The number of carbonyl (C=O) groups is 1. The molecule has 1 heterocycles. The van der Waals surface area contributed by atoms with Crippen LogP contribution in [0.15, 0.2) is 24.3 Å². The summed E-state index contributed by atoms with van der Waals surface area (Å²) in [6, 6.07) is 7.44. The molecule has 0 saturated carbocycles. The predicted molar refractivity (Wildman–Crippen MR) is 69.7 cm³/mol. The third-order valence-electron chi connectivity index (χ3n) is 2.61. The van der Waals surface area contributed by atoms with E-state index in [2.05, 4.69) is 21.0 Å². The number of hydrogen-bond acceptors (Lipinski definition) is 2. The maximum absolute atomic E-state index is 11.1. The number of rotatable bonds is 5. The lowest BCUT2D eigenvalue weighted by Crippen LogP contribution is -2.03. The number of benzene rings is 1. The highest BCUT2D eigenvalue weighted by atomic mass is 79.9. The zero-order valence-electron chi connectivity index (χ0n) is 9.27. The van der Waals surface area contributed by atoms with Crippen molar-refractivity contribution in [2.24, 2.45) is 0 Å². The molecule has 90 valence electrons. The number of hydrogen-bond donors (Lipinski definition) is 1. The normalized spacial score (nSPS) is 10.9. The minimum Gasteiger partial charge on any atom is -0.476 e. The number of carboxylic acid groups (broad SMARTS) is 1. The first kappa shape index (κ1) is 12.1. The Morgan fingerprint density at radius 2 is 2.12 bits per heavy atom. The summed E-state index contributed by atoms with van der Waals surface area (Å²) in [6.45, 7) is 0.749. The number of para-hydroxylation sites is 1. The molecule has 0 spiro atoms. The molecule has 1 aromatic heterocycles. The van der Waals surface area contributed by atoms with Crippen LogP contribution in [-0.2, 0) is 6.54 Å². The van der Waals surface area contributed by atoms with E-state index < -0.39 is 5.97 Å². The molecular weight excluding hydrogens is 284 g/mol. The molecule has 0 radical (unpaired) electrons. The highest BCUT2D eigenvalue weighted by Gasteiger charge is 2.15. The highest BCUT2D eigenvalue weighted by molar-refractivity contribution is 9.09. The van der Waals surface area contributed by atoms with Gasteiger partial charge < -0.3 is 5.11 Å². The highest BCUT2D eigenvalue weighted by Crippen LogP contribution is 2.18. The molecule has 0 fully saturated rings. The molecular formula is C12H13BrN2O2. The fraction of sp³-hybridized carbons (Fsp3) is 0.333. The summed E-state index contributed by atoms with van der Waals surface area (Å²) in [5, 5.41) is 14.9. The zero-order chi connectivity index (χ0) is 12.3. The fourth-order valence-electron chi connectivity index (χ4n) is 1.81. The summed E-state index contributed by atoms with van der Waals surface area (Å²) in [6.07, 6.45) is 2.03. The third kappa shape index (κ3) is 2.49. The van der Waals surface area contributed by atoms with E-state index >= 15 is 0 Å². The van der Waals surface area contributed by atoms with Crippen LogP contribution in [-0.4, -0.2) is 26.2 Å². The number of aryl methyl sites for hydroxylation is 1. The van der Waals surface area contributed by atoms with E-state index in [1.165, 1.54) is 0 Å². The first-order valence-electron chi connectivity index (χ1n) is 5.49. The Kier molecular flexibility index (Phi) is 3.78. The Bertz CT molecular complexity index is 536. The summed E-state index contributed by atoms with van der Waals surface area (Å²) in [5.41, 5.74) is 1.03. The standard InChI is InChI=1S/C12H13BrN2O2/c13-7-3-4-8-15-10-6-2-1-5-9(10)11(14-15)12(16)17/h1-2,5-6H,3-4,7-8H2,(H,16,17). The van der Waals surface area contributed by atoms with Crippen molar-refractivity contribution in [1.29, 1.82) is 0 Å². The van der Waals surface area contributed by atoms with Crippen molar-refractivity contribution in [3.63, 3.8) is 0 Å². The summed E-state index contributed by atoms with van der Waals surface area (Å²) < 4.78 is 1.78. The molecule has 4 nitrogen and oxygen atoms in total. The van der Waals surface area contributed by atoms with Crippen LogP contribution in [0.25, 0.3) is 10.9 Å². The quantitative estimate of drug-likeness (QED) is 0.682. The molecule has 0 aliphatic heterocycles. The van der Waals surface area contributed by atoms with E-state index in [-0.39, 0.29) is 5.69 Å². The lowest BCUT2D eigenvalue weighted by molar-refractivity contribution is 0.0691. The number of aromatic carboxylic acids is 1. The van der Waals surface area contributed by atoms with E-state index in [1.807, 2.05) is 18.2 Å². The lowest BCUT2D eigenvalue weighted by Gasteiger charge is -2.01. The van der Waals surface area contributed by atoms with Gasteiger partial charge in [0.1, 0.15) is 0 Å². The van der Waals surface area contributed by atoms with E-state index in [9.17, 15) is 4.79 Å². The second-order valence-electron chi connectivity index (χ2n) is 3.79. The molecule has 0 atom stereocenters. The summed E-state index contributed by atoms with van der Waals surface area (Å²) in [7, 11) is 0. The van der Waals surface area contributed by atoms with E-state index in [4.69, 9.17) is 5.11 Å². The molecule has 1 aromatic carbocycles. The van der Waals surface area contributed by atoms with Crippen molar-refractivity contribution < 1.29 is 9.90 Å². The molecule has 0 unspecified atom stereocenters. The number of nitrogens with zero attached hydrogens (tertiary/aromatic N) is 2. The molecule has 0 amide bonds. The van der Waals surface area contributed by atoms with Gasteiger partial charge in [-0.1, -0.05) is 34.1 Å². The van der Waals surface area contributed by atoms with Gasteiger partial charge in [0, 0.05) is 17.3 Å². The van der Waals surface area contributed by atoms with Crippen LogP contribution in [0.1, 0.15) is 23.3 Å². The van der Waals surface area contributed by atoms with Crippen molar-refractivity contribution in [2.45, 2.75) is 19.4 Å². The van der Waals surface area contributed by atoms with Gasteiger partial charge >= 0.3 is 5.97 Å². The van der Waals surface area contributed by atoms with Gasteiger partial charge in [-0.3, -0.25) is 4.68 Å². The zero-order valence-corrected chi connectivity index (χ0v) is 10.9. The number of carboxylic acids is 1. The number of halogens is 1. The van der Waals surface area contributed by atoms with E-state index in [1.54, 1.807) is 10.7 Å². The Hall–Kier alpha value is -1.36. The monoisotopic (exact) mass is 296 g/mol. The maximum Gasteiger partial charge on any atom is 0.357 e. The Balaban J connectivity index is 2.38. The predicted octanol–water partition coefficient (Wildman–Crippen LogP) is 2.91. The number of unbranched alkanes of at least 4 members (excludes halogenated alkanes) is 1. The molecule has 2 rings (SSSR count). The van der Waals surface area contributed by atoms with Crippen LogP contribution in [0.2, 0.25) is 0 Å². The van der Waals surface area contributed by atoms with Gasteiger partial charge in [-0.2, -0.15) is 5.10 Å². The van der Waals surface area contributed by atoms with Gasteiger partial charge in [0.15, 0.2) is 5.69 Å². The van der Waals surface area contributed by atoms with Crippen LogP contribution in [0, 0.1) is 0 Å².